The van der Waals surface area contributed by atoms with Crippen molar-refractivity contribution in [1.82, 2.24) is 0 Å². The molecule has 1 amide bonds. The lowest BCUT2D eigenvalue weighted by Crippen LogP contribution is -2.54. The molecule has 3 nitrogen and oxygen atoms in total. The Morgan fingerprint density at radius 2 is 1.39 bits per heavy atom. The van der Waals surface area contributed by atoms with Crippen molar-refractivity contribution in [3.05, 3.63) is 72.3 Å². The minimum absolute atomic E-state index is 0.0439. The molecular weight excluding hydrogens is 424 g/mol. The fourth-order valence-corrected chi connectivity index (χ4v) is 3.39. The van der Waals surface area contributed by atoms with Crippen LogP contribution in [0.1, 0.15) is 18.9 Å². The Bertz CT molecular complexity index is 1080. The van der Waals surface area contributed by atoms with Crippen LogP contribution >= 0.6 is 0 Å². The Morgan fingerprint density at radius 3 is 1.94 bits per heavy atom. The van der Waals surface area contributed by atoms with E-state index in [1.165, 1.54) is 49.4 Å². The van der Waals surface area contributed by atoms with Crippen LogP contribution in [0.5, 0.6) is 0 Å². The van der Waals surface area contributed by atoms with Gasteiger partial charge < -0.3 is 5.11 Å². The molecular formula is C22H17F6NO2. The number of carbonyl (C=O) groups is 1. The minimum Gasteiger partial charge on any atom is -0.369 e. The maximum atomic E-state index is 13.7. The third-order valence-corrected chi connectivity index (χ3v) is 4.90. The molecule has 0 heterocycles. The molecule has 0 aliphatic heterocycles. The van der Waals surface area contributed by atoms with Gasteiger partial charge in [0.05, 0.1) is 5.69 Å². The molecule has 0 unspecified atom stereocenters. The van der Waals surface area contributed by atoms with Crippen LogP contribution in [0.3, 0.4) is 0 Å². The van der Waals surface area contributed by atoms with Crippen molar-refractivity contribution in [2.24, 2.45) is 0 Å². The molecule has 0 saturated carbocycles. The van der Waals surface area contributed by atoms with E-state index >= 15 is 0 Å². The van der Waals surface area contributed by atoms with E-state index in [0.717, 1.165) is 11.0 Å². The van der Waals surface area contributed by atoms with Crippen LogP contribution in [0.4, 0.5) is 37.7 Å². The number of fused-ring (bicyclic) bond motifs is 1. The van der Waals surface area contributed by atoms with Crippen molar-refractivity contribution < 1.29 is 36.2 Å². The van der Waals surface area contributed by atoms with Gasteiger partial charge in [-0.1, -0.05) is 61.5 Å². The first-order valence-corrected chi connectivity index (χ1v) is 9.19. The molecule has 0 aliphatic rings. The summed E-state index contributed by atoms with van der Waals surface area (Å²) >= 11 is 0. The van der Waals surface area contributed by atoms with Crippen LogP contribution in [0, 0.1) is 0 Å². The van der Waals surface area contributed by atoms with Gasteiger partial charge >= 0.3 is 12.4 Å². The highest BCUT2D eigenvalue weighted by Crippen LogP contribution is 2.54. The lowest BCUT2D eigenvalue weighted by molar-refractivity contribution is -0.376. The summed E-state index contributed by atoms with van der Waals surface area (Å²) in [5.41, 5.74) is -7.27. The number of alkyl halides is 6. The molecule has 0 aromatic heterocycles. The van der Waals surface area contributed by atoms with E-state index in [1.807, 2.05) is 0 Å². The van der Waals surface area contributed by atoms with E-state index in [9.17, 15) is 36.2 Å². The molecule has 0 aliphatic carbocycles. The second-order valence-electron chi connectivity index (χ2n) is 6.81. The summed E-state index contributed by atoms with van der Waals surface area (Å²) < 4.78 is 82.4. The fraction of sp³-hybridized carbons (Fsp3) is 0.227. The van der Waals surface area contributed by atoms with Gasteiger partial charge in [-0.15, -0.1) is 0 Å². The number of rotatable bonds is 4. The quantitative estimate of drug-likeness (QED) is 0.488. The predicted octanol–water partition coefficient (Wildman–Crippen LogP) is 6.23. The SMILES string of the molecule is CCC(=O)N(c1ccccc1)c1c(C(O)(C(F)(F)F)C(F)(F)F)ccc2ccccc12. The molecule has 9 heteroatoms. The van der Waals surface area contributed by atoms with Gasteiger partial charge in [-0.2, -0.15) is 26.3 Å². The van der Waals surface area contributed by atoms with Gasteiger partial charge in [-0.05, 0) is 17.5 Å². The monoisotopic (exact) mass is 441 g/mol. The predicted molar refractivity (Wildman–Crippen MR) is 104 cm³/mol. The van der Waals surface area contributed by atoms with E-state index in [4.69, 9.17) is 0 Å². The zero-order valence-electron chi connectivity index (χ0n) is 16.1. The van der Waals surface area contributed by atoms with Crippen molar-refractivity contribution in [1.29, 1.82) is 0 Å². The van der Waals surface area contributed by atoms with Crippen LogP contribution in [0.25, 0.3) is 10.8 Å². The first-order chi connectivity index (χ1) is 14.4. The van der Waals surface area contributed by atoms with Crippen LogP contribution in [-0.2, 0) is 10.4 Å². The minimum atomic E-state index is -6.10. The number of hydrogen-bond acceptors (Lipinski definition) is 2. The van der Waals surface area contributed by atoms with E-state index in [1.54, 1.807) is 12.1 Å². The summed E-state index contributed by atoms with van der Waals surface area (Å²) in [6, 6.07) is 14.7. The van der Waals surface area contributed by atoms with Gasteiger partial charge in [0.2, 0.25) is 5.91 Å². The van der Waals surface area contributed by atoms with Gasteiger partial charge in [-0.3, -0.25) is 9.69 Å². The Balaban J connectivity index is 2.51. The summed E-state index contributed by atoms with van der Waals surface area (Å²) in [6.07, 6.45) is -12.4. The number of amides is 1. The molecule has 164 valence electrons. The highest BCUT2D eigenvalue weighted by Gasteiger charge is 2.72. The molecule has 0 fully saturated rings. The van der Waals surface area contributed by atoms with Crippen molar-refractivity contribution in [2.45, 2.75) is 31.3 Å². The molecule has 3 aromatic carbocycles. The lowest BCUT2D eigenvalue weighted by atomic mass is 9.87. The van der Waals surface area contributed by atoms with Crippen molar-refractivity contribution >= 4 is 28.1 Å². The smallest absolute Gasteiger partial charge is 0.369 e. The molecule has 0 atom stereocenters. The highest BCUT2D eigenvalue weighted by atomic mass is 19.4. The number of halogens is 6. The summed E-state index contributed by atoms with van der Waals surface area (Å²) in [7, 11) is 0. The Hall–Kier alpha value is -3.07. The van der Waals surface area contributed by atoms with Crippen molar-refractivity contribution in [3.8, 4) is 0 Å². The molecule has 0 spiro atoms. The van der Waals surface area contributed by atoms with E-state index in [2.05, 4.69) is 0 Å². The lowest BCUT2D eigenvalue weighted by Gasteiger charge is -2.36. The number of para-hydroxylation sites is 1. The number of aliphatic hydroxyl groups is 1. The van der Waals surface area contributed by atoms with Crippen LogP contribution in [0.2, 0.25) is 0 Å². The van der Waals surface area contributed by atoms with E-state index in [0.29, 0.717) is 11.5 Å². The van der Waals surface area contributed by atoms with E-state index in [-0.39, 0.29) is 17.5 Å². The summed E-state index contributed by atoms with van der Waals surface area (Å²) in [4.78, 5) is 13.6. The second-order valence-corrected chi connectivity index (χ2v) is 6.81. The van der Waals surface area contributed by atoms with Crippen LogP contribution in [-0.4, -0.2) is 23.4 Å². The van der Waals surface area contributed by atoms with Crippen LogP contribution < -0.4 is 4.90 Å². The maximum Gasteiger partial charge on any atom is 0.430 e. The normalized spacial score (nSPS) is 12.8. The molecule has 0 saturated heterocycles. The zero-order chi connectivity index (χ0) is 23.0. The standard InChI is InChI=1S/C22H17F6NO2/c1-2-18(30)29(15-9-4-3-5-10-15)19-16-11-7-6-8-14(16)12-13-17(19)20(31,21(23,24)25)22(26,27)28/h3-13,31H,2H2,1H3. The maximum absolute atomic E-state index is 13.7. The number of hydrogen-bond donors (Lipinski definition) is 1. The molecule has 3 aromatic rings. The third kappa shape index (κ3) is 3.74. The Morgan fingerprint density at radius 1 is 0.839 bits per heavy atom. The number of nitrogens with zero attached hydrogens (tertiary/aromatic N) is 1. The third-order valence-electron chi connectivity index (χ3n) is 4.90. The Kier molecular flexibility index (Phi) is 5.75. The fourth-order valence-electron chi connectivity index (χ4n) is 3.39. The van der Waals surface area contributed by atoms with E-state index < -0.39 is 35.1 Å². The first kappa shape index (κ1) is 22.6. The van der Waals surface area contributed by atoms with Gasteiger partial charge in [-0.25, -0.2) is 0 Å². The highest BCUT2D eigenvalue weighted by molar-refractivity contribution is 6.09. The van der Waals surface area contributed by atoms with Crippen molar-refractivity contribution in [2.75, 3.05) is 4.90 Å². The summed E-state index contributed by atoms with van der Waals surface area (Å²) in [5.74, 6) is -0.740. The number of anilines is 2. The Labute approximate surface area is 173 Å². The summed E-state index contributed by atoms with van der Waals surface area (Å²) in [6.45, 7) is 1.43. The van der Waals surface area contributed by atoms with Gasteiger partial charge in [0.1, 0.15) is 0 Å². The topological polar surface area (TPSA) is 40.5 Å². The average molecular weight is 441 g/mol. The zero-order valence-corrected chi connectivity index (χ0v) is 16.1. The molecule has 3 rings (SSSR count). The van der Waals surface area contributed by atoms with Crippen LogP contribution in [0.15, 0.2) is 66.7 Å². The summed E-state index contributed by atoms with van der Waals surface area (Å²) in [5, 5.41) is 10.4. The molecule has 1 N–H and O–H groups in total. The number of benzene rings is 3. The van der Waals surface area contributed by atoms with Gasteiger partial charge in [0.15, 0.2) is 0 Å². The molecule has 31 heavy (non-hydrogen) atoms. The van der Waals surface area contributed by atoms with Gasteiger partial charge in [0.25, 0.3) is 5.60 Å². The van der Waals surface area contributed by atoms with Gasteiger partial charge in [0, 0.05) is 23.1 Å². The largest absolute Gasteiger partial charge is 0.430 e. The molecule has 0 radical (unpaired) electrons. The molecule has 0 bridgehead atoms. The van der Waals surface area contributed by atoms with Crippen molar-refractivity contribution in [3.63, 3.8) is 0 Å². The average Bonchev–Trinajstić information content (AvgIpc) is 2.72. The second kappa shape index (κ2) is 7.88. The first-order valence-electron chi connectivity index (χ1n) is 9.19. The number of carbonyl (C=O) groups excluding carboxylic acids is 1.